The molecule has 0 saturated carbocycles. The highest BCUT2D eigenvalue weighted by molar-refractivity contribution is 7.99. The Kier molecular flexibility index (Phi) is 3.70. The van der Waals surface area contributed by atoms with Crippen LogP contribution in [0.1, 0.15) is 36.8 Å². The number of aromatic nitrogens is 3. The zero-order chi connectivity index (χ0) is 14.1. The van der Waals surface area contributed by atoms with Crippen LogP contribution in [0, 0.1) is 12.8 Å². The maximum Gasteiger partial charge on any atom is 0.210 e. The molecule has 1 aliphatic rings. The van der Waals surface area contributed by atoms with E-state index in [9.17, 15) is 0 Å². The van der Waals surface area contributed by atoms with Gasteiger partial charge in [-0.2, -0.15) is 0 Å². The summed E-state index contributed by atoms with van der Waals surface area (Å²) in [4.78, 5) is 0. The molecular weight excluding hydrogens is 268 g/mol. The van der Waals surface area contributed by atoms with Crippen LogP contribution in [0.2, 0.25) is 0 Å². The molecule has 1 aliphatic heterocycles. The molecule has 0 aliphatic carbocycles. The third-order valence-electron chi connectivity index (χ3n) is 3.43. The molecule has 1 N–H and O–H groups in total. The van der Waals surface area contributed by atoms with Gasteiger partial charge in [0.2, 0.25) is 5.16 Å². The molecule has 2 aromatic rings. The molecule has 0 radical (unpaired) electrons. The van der Waals surface area contributed by atoms with Gasteiger partial charge in [-0.25, -0.2) is 4.68 Å². The Hall–Kier alpha value is -1.49. The molecule has 4 nitrogen and oxygen atoms in total. The first-order chi connectivity index (χ1) is 9.63. The average molecular weight is 288 g/mol. The largest absolute Gasteiger partial charge is 0.314 e. The van der Waals surface area contributed by atoms with Crippen LogP contribution in [0.25, 0.3) is 0 Å². The van der Waals surface area contributed by atoms with Gasteiger partial charge in [-0.3, -0.25) is 0 Å². The monoisotopic (exact) mass is 288 g/mol. The molecule has 0 fully saturated rings. The maximum absolute atomic E-state index is 4.31. The molecule has 1 aromatic carbocycles. The van der Waals surface area contributed by atoms with Crippen molar-refractivity contribution < 1.29 is 0 Å². The lowest BCUT2D eigenvalue weighted by atomic mass is 10.1. The zero-order valence-electron chi connectivity index (χ0n) is 12.1. The molecule has 2 heterocycles. The molecule has 20 heavy (non-hydrogen) atoms. The van der Waals surface area contributed by atoms with Crippen molar-refractivity contribution in [1.82, 2.24) is 14.9 Å². The van der Waals surface area contributed by atoms with Crippen molar-refractivity contribution in [1.29, 1.82) is 0 Å². The lowest BCUT2D eigenvalue weighted by Gasteiger charge is -2.26. The summed E-state index contributed by atoms with van der Waals surface area (Å²) in [6.07, 6.45) is 0.946. The quantitative estimate of drug-likeness (QED) is 0.942. The van der Waals surface area contributed by atoms with Crippen LogP contribution in [0.5, 0.6) is 0 Å². The Balaban J connectivity index is 1.83. The Labute approximate surface area is 124 Å². The number of fused-ring (bicyclic) bond motifs is 1. The molecule has 3 rings (SSSR count). The van der Waals surface area contributed by atoms with Crippen LogP contribution in [-0.4, -0.2) is 20.6 Å². The summed E-state index contributed by atoms with van der Waals surface area (Å²) in [5, 5.41) is 9.55. The molecule has 0 amide bonds. The summed E-state index contributed by atoms with van der Waals surface area (Å²) in [5.41, 5.74) is 6.17. The number of thioether (sulfide) groups is 1. The van der Waals surface area contributed by atoms with Crippen LogP contribution in [0.15, 0.2) is 29.4 Å². The standard InChI is InChI=1S/C15H20N4S/c1-10(2)8-14-16-17-15-19(14)18-13(9-20-15)12-6-4-11(3)5-7-12/h4-7,10,13,18H,8-9H2,1-3H3. The number of hydrogen-bond acceptors (Lipinski definition) is 4. The van der Waals surface area contributed by atoms with Gasteiger partial charge in [0.25, 0.3) is 0 Å². The number of aryl methyl sites for hydroxylation is 1. The first kappa shape index (κ1) is 13.5. The van der Waals surface area contributed by atoms with Gasteiger partial charge >= 0.3 is 0 Å². The average Bonchev–Trinajstić information content (AvgIpc) is 2.81. The number of nitrogens with one attached hydrogen (secondary N) is 1. The van der Waals surface area contributed by atoms with E-state index in [1.54, 1.807) is 11.8 Å². The normalized spacial score (nSPS) is 17.9. The lowest BCUT2D eigenvalue weighted by molar-refractivity contribution is 0.571. The van der Waals surface area contributed by atoms with E-state index < -0.39 is 0 Å². The van der Waals surface area contributed by atoms with E-state index in [0.717, 1.165) is 23.2 Å². The molecule has 106 valence electrons. The molecule has 5 heteroatoms. The summed E-state index contributed by atoms with van der Waals surface area (Å²) >= 11 is 1.77. The second kappa shape index (κ2) is 5.48. The fraction of sp³-hybridized carbons (Fsp3) is 0.467. The van der Waals surface area contributed by atoms with E-state index in [1.165, 1.54) is 11.1 Å². The van der Waals surface area contributed by atoms with Crippen molar-refractivity contribution in [3.63, 3.8) is 0 Å². The van der Waals surface area contributed by atoms with E-state index in [1.807, 2.05) is 0 Å². The second-order valence-electron chi connectivity index (χ2n) is 5.74. The summed E-state index contributed by atoms with van der Waals surface area (Å²) in [6, 6.07) is 9.04. The van der Waals surface area contributed by atoms with Crippen LogP contribution in [0.4, 0.5) is 0 Å². The lowest BCUT2D eigenvalue weighted by Crippen LogP contribution is -2.29. The highest BCUT2D eigenvalue weighted by Gasteiger charge is 2.24. The van der Waals surface area contributed by atoms with Crippen molar-refractivity contribution in [3.8, 4) is 0 Å². The molecule has 0 saturated heterocycles. The van der Waals surface area contributed by atoms with Crippen molar-refractivity contribution in [2.45, 2.75) is 38.4 Å². The van der Waals surface area contributed by atoms with Gasteiger partial charge < -0.3 is 5.43 Å². The van der Waals surface area contributed by atoms with Crippen molar-refractivity contribution in [2.24, 2.45) is 5.92 Å². The summed E-state index contributed by atoms with van der Waals surface area (Å²) in [5.74, 6) is 2.59. The Bertz CT molecular complexity index is 588. The number of nitrogens with zero attached hydrogens (tertiary/aromatic N) is 3. The predicted molar refractivity (Wildman–Crippen MR) is 82.6 cm³/mol. The molecule has 1 unspecified atom stereocenters. The van der Waals surface area contributed by atoms with Gasteiger partial charge in [-0.1, -0.05) is 55.4 Å². The molecular formula is C15H20N4S. The number of hydrogen-bond donors (Lipinski definition) is 1. The van der Waals surface area contributed by atoms with Gasteiger partial charge in [0.15, 0.2) is 5.82 Å². The Morgan fingerprint density at radius 1 is 1.30 bits per heavy atom. The highest BCUT2D eigenvalue weighted by atomic mass is 32.2. The number of rotatable bonds is 3. The smallest absolute Gasteiger partial charge is 0.210 e. The molecule has 0 spiro atoms. The molecule has 1 aromatic heterocycles. The van der Waals surface area contributed by atoms with Crippen LogP contribution >= 0.6 is 11.8 Å². The summed E-state index contributed by atoms with van der Waals surface area (Å²) < 4.78 is 2.07. The first-order valence-corrected chi connectivity index (χ1v) is 8.02. The van der Waals surface area contributed by atoms with Gasteiger partial charge in [0.1, 0.15) is 0 Å². The minimum atomic E-state index is 0.315. The van der Waals surface area contributed by atoms with Crippen molar-refractivity contribution >= 4 is 11.8 Å². The van der Waals surface area contributed by atoms with E-state index in [4.69, 9.17) is 0 Å². The third kappa shape index (κ3) is 2.68. The van der Waals surface area contributed by atoms with Crippen molar-refractivity contribution in [3.05, 3.63) is 41.2 Å². The topological polar surface area (TPSA) is 42.7 Å². The minimum absolute atomic E-state index is 0.315. The second-order valence-corrected chi connectivity index (χ2v) is 6.72. The number of benzene rings is 1. The molecule has 1 atom stereocenters. The Morgan fingerprint density at radius 3 is 2.75 bits per heavy atom. The van der Waals surface area contributed by atoms with Gasteiger partial charge in [-0.05, 0) is 18.4 Å². The minimum Gasteiger partial charge on any atom is -0.314 e. The highest BCUT2D eigenvalue weighted by Crippen LogP contribution is 2.30. The summed E-state index contributed by atoms with van der Waals surface area (Å²) in [7, 11) is 0. The summed E-state index contributed by atoms with van der Waals surface area (Å²) in [6.45, 7) is 6.52. The van der Waals surface area contributed by atoms with Crippen molar-refractivity contribution in [2.75, 3.05) is 11.2 Å². The molecule has 0 bridgehead atoms. The van der Waals surface area contributed by atoms with E-state index in [0.29, 0.717) is 12.0 Å². The van der Waals surface area contributed by atoms with Gasteiger partial charge in [0, 0.05) is 12.2 Å². The van der Waals surface area contributed by atoms with Crippen LogP contribution < -0.4 is 5.43 Å². The van der Waals surface area contributed by atoms with Crippen LogP contribution in [-0.2, 0) is 6.42 Å². The van der Waals surface area contributed by atoms with E-state index in [-0.39, 0.29) is 0 Å². The first-order valence-electron chi connectivity index (χ1n) is 7.03. The van der Waals surface area contributed by atoms with Crippen LogP contribution in [0.3, 0.4) is 0 Å². The van der Waals surface area contributed by atoms with Gasteiger partial charge in [0.05, 0.1) is 6.04 Å². The predicted octanol–water partition coefficient (Wildman–Crippen LogP) is 3.18. The SMILES string of the molecule is Cc1ccc(C2CSc3nnc(CC(C)C)n3N2)cc1. The van der Waals surface area contributed by atoms with Gasteiger partial charge in [-0.15, -0.1) is 10.2 Å². The van der Waals surface area contributed by atoms with E-state index >= 15 is 0 Å². The van der Waals surface area contributed by atoms with E-state index in [2.05, 4.69) is 65.3 Å². The fourth-order valence-corrected chi connectivity index (χ4v) is 3.31. The Morgan fingerprint density at radius 2 is 2.05 bits per heavy atom. The zero-order valence-corrected chi connectivity index (χ0v) is 12.9. The fourth-order valence-electron chi connectivity index (χ4n) is 2.34. The third-order valence-corrected chi connectivity index (χ3v) is 4.46. The maximum atomic E-state index is 4.31.